The van der Waals surface area contributed by atoms with Gasteiger partial charge in [0.1, 0.15) is 11.4 Å². The predicted octanol–water partition coefficient (Wildman–Crippen LogP) is 4.79. The third-order valence-electron chi connectivity index (χ3n) is 3.79. The first-order chi connectivity index (χ1) is 11.2. The van der Waals surface area contributed by atoms with Crippen LogP contribution in [0.15, 0.2) is 12.1 Å². The maximum absolute atomic E-state index is 12.0. The smallest absolute Gasteiger partial charge is 0.412 e. The van der Waals surface area contributed by atoms with Gasteiger partial charge in [-0.2, -0.15) is 5.26 Å². The molecule has 1 N–H and O–H groups in total. The molecule has 2 rings (SSSR count). The fourth-order valence-electron chi connectivity index (χ4n) is 2.80. The van der Waals surface area contributed by atoms with E-state index in [0.717, 1.165) is 18.4 Å². The summed E-state index contributed by atoms with van der Waals surface area (Å²) in [6, 6.07) is 5.29. The zero-order valence-corrected chi connectivity index (χ0v) is 14.9. The molecule has 1 fully saturated rings. The minimum Gasteiger partial charge on any atom is -0.444 e. The number of benzene rings is 1. The van der Waals surface area contributed by atoms with E-state index in [1.165, 1.54) is 6.07 Å². The van der Waals surface area contributed by atoms with Gasteiger partial charge < -0.3 is 4.74 Å². The average Bonchev–Trinajstić information content (AvgIpc) is 2.47. The van der Waals surface area contributed by atoms with Gasteiger partial charge in [-0.3, -0.25) is 10.1 Å². The van der Waals surface area contributed by atoms with E-state index in [1.807, 2.05) is 0 Å². The van der Waals surface area contributed by atoms with Gasteiger partial charge in [-0.15, -0.1) is 0 Å². The lowest BCUT2D eigenvalue weighted by molar-refractivity contribution is -0.120. The molecule has 128 valence electrons. The van der Waals surface area contributed by atoms with Gasteiger partial charge >= 0.3 is 6.09 Å². The van der Waals surface area contributed by atoms with Crippen LogP contribution in [0, 0.1) is 11.3 Å². The Bertz CT molecular complexity index is 701. The number of amides is 1. The molecule has 5 nitrogen and oxygen atoms in total. The molecule has 0 heterocycles. The number of nitrogens with zero attached hydrogens (tertiary/aromatic N) is 1. The number of hydrogen-bond acceptors (Lipinski definition) is 4. The van der Waals surface area contributed by atoms with Crippen molar-refractivity contribution < 1.29 is 14.3 Å². The second-order valence-electron chi connectivity index (χ2n) is 7.00. The Kier molecular flexibility index (Phi) is 5.51. The number of nitrogens with one attached hydrogen (secondary N) is 1. The van der Waals surface area contributed by atoms with Gasteiger partial charge in [-0.25, -0.2) is 4.79 Å². The first-order valence-corrected chi connectivity index (χ1v) is 8.32. The number of halogens is 1. The van der Waals surface area contributed by atoms with Crippen molar-refractivity contribution >= 4 is 29.2 Å². The van der Waals surface area contributed by atoms with Crippen LogP contribution in [0.5, 0.6) is 0 Å². The predicted molar refractivity (Wildman–Crippen MR) is 92.2 cm³/mol. The fourth-order valence-corrected chi connectivity index (χ4v) is 3.11. The number of ketones is 1. The molecular weight excluding hydrogens is 328 g/mol. The van der Waals surface area contributed by atoms with E-state index in [0.29, 0.717) is 29.1 Å². The summed E-state index contributed by atoms with van der Waals surface area (Å²) in [5.74, 6) is 0.178. The maximum atomic E-state index is 12.0. The van der Waals surface area contributed by atoms with Gasteiger partial charge in [-0.1, -0.05) is 11.6 Å². The maximum Gasteiger partial charge on any atom is 0.412 e. The number of rotatable bonds is 2. The minimum absolute atomic E-state index is 0.0220. The highest BCUT2D eigenvalue weighted by atomic mass is 35.5. The lowest BCUT2D eigenvalue weighted by Gasteiger charge is -2.24. The summed E-state index contributed by atoms with van der Waals surface area (Å²) >= 11 is 6.44. The van der Waals surface area contributed by atoms with Crippen LogP contribution in [0.3, 0.4) is 0 Å². The molecule has 1 aliphatic carbocycles. The van der Waals surface area contributed by atoms with Crippen LogP contribution in [0.25, 0.3) is 0 Å². The molecule has 1 aromatic rings. The lowest BCUT2D eigenvalue weighted by Crippen LogP contribution is -2.27. The first kappa shape index (κ1) is 18.3. The SMILES string of the molecule is CC(C)(C)OC(=O)Nc1cc(C#N)cc(C2CCCC(=O)C2)c1Cl. The second-order valence-corrected chi connectivity index (χ2v) is 7.38. The molecule has 0 spiro atoms. The summed E-state index contributed by atoms with van der Waals surface area (Å²) in [7, 11) is 0. The van der Waals surface area contributed by atoms with E-state index >= 15 is 0 Å². The highest BCUT2D eigenvalue weighted by molar-refractivity contribution is 6.34. The number of carbonyl (C=O) groups excluding carboxylic acids is 2. The van der Waals surface area contributed by atoms with E-state index in [4.69, 9.17) is 16.3 Å². The van der Waals surface area contributed by atoms with Crippen LogP contribution < -0.4 is 5.32 Å². The zero-order valence-electron chi connectivity index (χ0n) is 14.1. The normalized spacial score (nSPS) is 18.0. The second kappa shape index (κ2) is 7.23. The Balaban J connectivity index is 2.32. The van der Waals surface area contributed by atoms with Crippen molar-refractivity contribution in [2.45, 2.75) is 58.0 Å². The Hall–Kier alpha value is -2.06. The van der Waals surface area contributed by atoms with Gasteiger partial charge in [0.2, 0.25) is 0 Å². The van der Waals surface area contributed by atoms with Crippen molar-refractivity contribution in [2.75, 3.05) is 5.32 Å². The molecule has 0 bridgehead atoms. The molecule has 1 unspecified atom stereocenters. The molecule has 1 aliphatic rings. The van der Waals surface area contributed by atoms with Gasteiger partial charge in [0.05, 0.1) is 22.3 Å². The van der Waals surface area contributed by atoms with Gasteiger partial charge in [-0.05, 0) is 57.2 Å². The Labute approximate surface area is 146 Å². The topological polar surface area (TPSA) is 79.2 Å². The molecule has 24 heavy (non-hydrogen) atoms. The molecule has 1 atom stereocenters. The van der Waals surface area contributed by atoms with Gasteiger partial charge in [0, 0.05) is 12.8 Å². The molecule has 0 aromatic heterocycles. The quantitative estimate of drug-likeness (QED) is 0.833. The van der Waals surface area contributed by atoms with Crippen molar-refractivity contribution in [3.05, 3.63) is 28.3 Å². The summed E-state index contributed by atoms with van der Waals surface area (Å²) in [4.78, 5) is 23.7. The zero-order chi connectivity index (χ0) is 17.9. The number of anilines is 1. The summed E-state index contributed by atoms with van der Waals surface area (Å²) in [5, 5.41) is 12.2. The van der Waals surface area contributed by atoms with Crippen molar-refractivity contribution in [1.82, 2.24) is 0 Å². The Morgan fingerprint density at radius 2 is 2.12 bits per heavy atom. The average molecular weight is 349 g/mol. The Morgan fingerprint density at radius 3 is 2.71 bits per heavy atom. The monoisotopic (exact) mass is 348 g/mol. The summed E-state index contributed by atoms with van der Waals surface area (Å²) in [6.45, 7) is 5.29. The van der Waals surface area contributed by atoms with Crippen LogP contribution in [-0.2, 0) is 9.53 Å². The third kappa shape index (κ3) is 4.72. The highest BCUT2D eigenvalue weighted by Crippen LogP contribution is 2.39. The third-order valence-corrected chi connectivity index (χ3v) is 4.21. The number of Topliss-reactive ketones (excluding diaryl/α,β-unsaturated/α-hetero) is 1. The van der Waals surface area contributed by atoms with Gasteiger partial charge in [0.15, 0.2) is 0 Å². The van der Waals surface area contributed by atoms with E-state index in [9.17, 15) is 14.9 Å². The molecule has 0 radical (unpaired) electrons. The summed E-state index contributed by atoms with van der Waals surface area (Å²) in [6.07, 6.45) is 2.03. The highest BCUT2D eigenvalue weighted by Gasteiger charge is 2.25. The largest absolute Gasteiger partial charge is 0.444 e. The molecule has 6 heteroatoms. The van der Waals surface area contributed by atoms with Crippen molar-refractivity contribution in [2.24, 2.45) is 0 Å². The van der Waals surface area contributed by atoms with Crippen molar-refractivity contribution in [3.8, 4) is 6.07 Å². The summed E-state index contributed by atoms with van der Waals surface area (Å²) < 4.78 is 5.23. The molecule has 1 saturated carbocycles. The van der Waals surface area contributed by atoms with E-state index in [1.54, 1.807) is 26.8 Å². The summed E-state index contributed by atoms with van der Waals surface area (Å²) in [5.41, 5.74) is 0.813. The number of nitriles is 1. The van der Waals surface area contributed by atoms with Crippen LogP contribution in [0.1, 0.15) is 63.5 Å². The first-order valence-electron chi connectivity index (χ1n) is 7.95. The standard InChI is InChI=1S/C18H21ClN2O3/c1-18(2,3)24-17(23)21-15-8-11(10-20)7-14(16(15)19)12-5-4-6-13(22)9-12/h7-8,12H,4-6,9H2,1-3H3,(H,21,23). The van der Waals surface area contributed by atoms with E-state index in [-0.39, 0.29) is 11.7 Å². The molecule has 0 aliphatic heterocycles. The molecular formula is C18H21ClN2O3. The van der Waals surface area contributed by atoms with Crippen LogP contribution in [0.2, 0.25) is 5.02 Å². The van der Waals surface area contributed by atoms with Gasteiger partial charge in [0.25, 0.3) is 0 Å². The molecule has 0 saturated heterocycles. The minimum atomic E-state index is -0.637. The van der Waals surface area contributed by atoms with E-state index < -0.39 is 11.7 Å². The van der Waals surface area contributed by atoms with Crippen molar-refractivity contribution in [3.63, 3.8) is 0 Å². The van der Waals surface area contributed by atoms with Crippen LogP contribution >= 0.6 is 11.6 Å². The fraction of sp³-hybridized carbons (Fsp3) is 0.500. The number of carbonyl (C=O) groups is 2. The number of hydrogen-bond donors (Lipinski definition) is 1. The van der Waals surface area contributed by atoms with E-state index in [2.05, 4.69) is 11.4 Å². The van der Waals surface area contributed by atoms with Crippen molar-refractivity contribution in [1.29, 1.82) is 5.26 Å². The lowest BCUT2D eigenvalue weighted by atomic mass is 9.82. The molecule has 1 amide bonds. The molecule has 1 aromatic carbocycles. The van der Waals surface area contributed by atoms with Crippen LogP contribution in [0.4, 0.5) is 10.5 Å². The number of ether oxygens (including phenoxy) is 1. The van der Waals surface area contributed by atoms with Crippen LogP contribution in [-0.4, -0.2) is 17.5 Å². The Morgan fingerprint density at radius 1 is 1.42 bits per heavy atom.